The smallest absolute Gasteiger partial charge is 0.255 e. The Kier molecular flexibility index (Phi) is 6.49. The molecule has 1 aliphatic heterocycles. The van der Waals surface area contributed by atoms with Crippen LogP contribution in [0.1, 0.15) is 33.9 Å². The lowest BCUT2D eigenvalue weighted by atomic mass is 10.0. The van der Waals surface area contributed by atoms with Crippen molar-refractivity contribution in [3.05, 3.63) is 83.4 Å². The molecule has 7 nitrogen and oxygen atoms in total. The predicted molar refractivity (Wildman–Crippen MR) is 125 cm³/mol. The quantitative estimate of drug-likeness (QED) is 0.554. The van der Waals surface area contributed by atoms with Gasteiger partial charge in [-0.05, 0) is 29.3 Å². The molecule has 0 unspecified atom stereocenters. The van der Waals surface area contributed by atoms with Crippen molar-refractivity contribution in [2.24, 2.45) is 0 Å². The summed E-state index contributed by atoms with van der Waals surface area (Å²) in [6.45, 7) is 0.450. The summed E-state index contributed by atoms with van der Waals surface area (Å²) in [7, 11) is 4.70. The Hall–Kier alpha value is -4.00. The molecule has 0 radical (unpaired) electrons. The second-order valence-electron chi connectivity index (χ2n) is 7.73. The maximum atomic E-state index is 13.2. The third-order valence-electron chi connectivity index (χ3n) is 5.74. The average Bonchev–Trinajstić information content (AvgIpc) is 3.18. The molecule has 170 valence electrons. The molecule has 3 aromatic rings. The van der Waals surface area contributed by atoms with Gasteiger partial charge in [-0.1, -0.05) is 30.3 Å². The van der Waals surface area contributed by atoms with Gasteiger partial charge in [0.2, 0.25) is 5.91 Å². The topological polar surface area (TPSA) is 77.1 Å². The van der Waals surface area contributed by atoms with Gasteiger partial charge in [0.15, 0.2) is 0 Å². The van der Waals surface area contributed by atoms with Crippen LogP contribution < -0.4 is 19.5 Å². The van der Waals surface area contributed by atoms with Gasteiger partial charge in [-0.2, -0.15) is 0 Å². The third kappa shape index (κ3) is 4.77. The molecular weight excluding hydrogens is 420 g/mol. The first-order valence-corrected chi connectivity index (χ1v) is 10.6. The Morgan fingerprint density at radius 3 is 2.15 bits per heavy atom. The molecule has 0 fully saturated rings. The summed E-state index contributed by atoms with van der Waals surface area (Å²) in [5.41, 5.74) is 3.05. The number of amides is 2. The molecule has 0 aromatic heterocycles. The van der Waals surface area contributed by atoms with E-state index in [0.29, 0.717) is 35.0 Å². The van der Waals surface area contributed by atoms with Gasteiger partial charge in [0.25, 0.3) is 5.91 Å². The van der Waals surface area contributed by atoms with E-state index in [-0.39, 0.29) is 18.2 Å². The lowest BCUT2D eigenvalue weighted by Gasteiger charge is -2.28. The van der Waals surface area contributed by atoms with Crippen molar-refractivity contribution in [3.63, 3.8) is 0 Å². The molecule has 3 aromatic carbocycles. The highest BCUT2D eigenvalue weighted by atomic mass is 16.5. The predicted octanol–water partition coefficient (Wildman–Crippen LogP) is 4.44. The van der Waals surface area contributed by atoms with Crippen LogP contribution in [0.15, 0.2) is 66.7 Å². The second kappa shape index (κ2) is 9.65. The van der Waals surface area contributed by atoms with Crippen LogP contribution in [0.25, 0.3) is 0 Å². The fourth-order valence-corrected chi connectivity index (χ4v) is 4.03. The number of hydrogen-bond donors (Lipinski definition) is 1. The minimum absolute atomic E-state index is 0.0812. The monoisotopic (exact) mass is 446 g/mol. The van der Waals surface area contributed by atoms with Crippen LogP contribution in [-0.2, 0) is 11.3 Å². The summed E-state index contributed by atoms with van der Waals surface area (Å²) in [6, 6.07) is 19.7. The van der Waals surface area contributed by atoms with E-state index in [4.69, 9.17) is 14.2 Å². The summed E-state index contributed by atoms with van der Waals surface area (Å²) >= 11 is 0. The highest BCUT2D eigenvalue weighted by molar-refractivity contribution is 5.99. The van der Waals surface area contributed by atoms with E-state index < -0.39 is 6.04 Å². The number of carbonyl (C=O) groups is 2. The van der Waals surface area contributed by atoms with Crippen LogP contribution in [-0.4, -0.2) is 38.0 Å². The molecule has 33 heavy (non-hydrogen) atoms. The maximum absolute atomic E-state index is 13.2. The van der Waals surface area contributed by atoms with E-state index in [0.717, 1.165) is 11.1 Å². The molecule has 1 aliphatic rings. The zero-order valence-corrected chi connectivity index (χ0v) is 18.8. The molecule has 0 spiro atoms. The van der Waals surface area contributed by atoms with Crippen molar-refractivity contribution in [3.8, 4) is 17.2 Å². The lowest BCUT2D eigenvalue weighted by molar-refractivity contribution is -0.117. The van der Waals surface area contributed by atoms with E-state index in [9.17, 15) is 9.59 Å². The van der Waals surface area contributed by atoms with Gasteiger partial charge in [0.05, 0.1) is 33.8 Å². The van der Waals surface area contributed by atoms with Gasteiger partial charge >= 0.3 is 0 Å². The maximum Gasteiger partial charge on any atom is 0.255 e. The summed E-state index contributed by atoms with van der Waals surface area (Å²) in [6.07, 6.45) is 0.0889. The van der Waals surface area contributed by atoms with Crippen molar-refractivity contribution in [1.29, 1.82) is 0 Å². The van der Waals surface area contributed by atoms with Crippen molar-refractivity contribution in [2.45, 2.75) is 19.0 Å². The zero-order valence-electron chi connectivity index (χ0n) is 18.8. The van der Waals surface area contributed by atoms with Crippen LogP contribution in [0.4, 0.5) is 5.69 Å². The third-order valence-corrected chi connectivity index (χ3v) is 5.74. The van der Waals surface area contributed by atoms with Crippen LogP contribution in [0.2, 0.25) is 0 Å². The van der Waals surface area contributed by atoms with Gasteiger partial charge in [-0.25, -0.2) is 0 Å². The Morgan fingerprint density at radius 2 is 1.55 bits per heavy atom. The fourth-order valence-electron chi connectivity index (χ4n) is 4.03. The molecule has 0 bridgehead atoms. The first kappa shape index (κ1) is 22.2. The van der Waals surface area contributed by atoms with Gasteiger partial charge in [-0.15, -0.1) is 0 Å². The number of ether oxygens (including phenoxy) is 3. The molecule has 1 atom stereocenters. The van der Waals surface area contributed by atoms with E-state index in [1.54, 1.807) is 44.4 Å². The highest BCUT2D eigenvalue weighted by Crippen LogP contribution is 2.34. The molecule has 2 amide bonds. The number of methoxy groups -OCH3 is 3. The normalized spacial score (nSPS) is 13.3. The summed E-state index contributed by atoms with van der Waals surface area (Å²) in [5, 5.41) is 2.91. The minimum Gasteiger partial charge on any atom is -0.497 e. The second-order valence-corrected chi connectivity index (χ2v) is 7.73. The Labute approximate surface area is 192 Å². The SMILES string of the molecule is COc1ccc([C@@H](CC(=O)Nc2cc(OC)cc(OC)c2)N2Cc3ccccc3C2=O)cc1. The van der Waals surface area contributed by atoms with Gasteiger partial charge in [0, 0.05) is 36.0 Å². The number of carbonyl (C=O) groups excluding carboxylic acids is 2. The molecule has 1 N–H and O–H groups in total. The van der Waals surface area contributed by atoms with Crippen LogP contribution >= 0.6 is 0 Å². The van der Waals surface area contributed by atoms with Crippen LogP contribution in [0.5, 0.6) is 17.2 Å². The number of fused-ring (bicyclic) bond motifs is 1. The first-order chi connectivity index (χ1) is 16.0. The molecule has 0 aliphatic carbocycles. The van der Waals surface area contributed by atoms with Gasteiger partial charge in [0.1, 0.15) is 17.2 Å². The highest BCUT2D eigenvalue weighted by Gasteiger charge is 2.34. The fraction of sp³-hybridized carbons (Fsp3) is 0.231. The largest absolute Gasteiger partial charge is 0.497 e. The van der Waals surface area contributed by atoms with E-state index in [1.807, 2.05) is 48.5 Å². The Bertz CT molecular complexity index is 1140. The first-order valence-electron chi connectivity index (χ1n) is 10.6. The average molecular weight is 447 g/mol. The van der Waals surface area contributed by atoms with Crippen molar-refractivity contribution < 1.29 is 23.8 Å². The molecular formula is C26H26N2O5. The lowest BCUT2D eigenvalue weighted by Crippen LogP contribution is -2.32. The number of nitrogens with zero attached hydrogens (tertiary/aromatic N) is 1. The zero-order chi connectivity index (χ0) is 23.4. The number of benzene rings is 3. The van der Waals surface area contributed by atoms with Crippen LogP contribution in [0, 0.1) is 0 Å². The number of nitrogens with one attached hydrogen (secondary N) is 1. The Morgan fingerprint density at radius 1 is 0.909 bits per heavy atom. The van der Waals surface area contributed by atoms with E-state index in [2.05, 4.69) is 5.32 Å². The number of rotatable bonds is 8. The van der Waals surface area contributed by atoms with Crippen molar-refractivity contribution in [1.82, 2.24) is 4.90 Å². The number of anilines is 1. The standard InChI is InChI=1S/C26H26N2O5/c1-31-20-10-8-17(9-11-20)24(28-16-18-6-4-5-7-23(18)26(28)30)15-25(29)27-19-12-21(32-2)14-22(13-19)33-3/h4-14,24H,15-16H2,1-3H3,(H,27,29)/t24-/m1/s1. The van der Waals surface area contributed by atoms with Crippen molar-refractivity contribution >= 4 is 17.5 Å². The van der Waals surface area contributed by atoms with E-state index >= 15 is 0 Å². The van der Waals surface area contributed by atoms with Gasteiger partial charge in [-0.3, -0.25) is 9.59 Å². The minimum atomic E-state index is -0.441. The summed E-state index contributed by atoms with van der Waals surface area (Å²) < 4.78 is 15.8. The molecule has 1 heterocycles. The summed E-state index contributed by atoms with van der Waals surface area (Å²) in [4.78, 5) is 28.0. The number of hydrogen-bond acceptors (Lipinski definition) is 5. The Balaban J connectivity index is 1.60. The molecule has 0 saturated carbocycles. The molecule has 0 saturated heterocycles. The van der Waals surface area contributed by atoms with E-state index in [1.165, 1.54) is 0 Å². The summed E-state index contributed by atoms with van der Waals surface area (Å²) in [5.74, 6) is 1.54. The molecule has 4 rings (SSSR count). The van der Waals surface area contributed by atoms with Crippen LogP contribution in [0.3, 0.4) is 0 Å². The molecule has 7 heteroatoms. The van der Waals surface area contributed by atoms with Gasteiger partial charge < -0.3 is 24.4 Å². The van der Waals surface area contributed by atoms with Crippen molar-refractivity contribution in [2.75, 3.05) is 26.6 Å².